The molecule has 2 fully saturated rings. The fourth-order valence-electron chi connectivity index (χ4n) is 3.74. The highest BCUT2D eigenvalue weighted by Gasteiger charge is 2.57. The van der Waals surface area contributed by atoms with Gasteiger partial charge < -0.3 is 10.6 Å². The zero-order valence-electron chi connectivity index (χ0n) is 13.8. The van der Waals surface area contributed by atoms with E-state index in [2.05, 4.69) is 39.9 Å². The van der Waals surface area contributed by atoms with Crippen LogP contribution in [0.25, 0.3) is 0 Å². The van der Waals surface area contributed by atoms with Crippen LogP contribution in [0.1, 0.15) is 35.4 Å². The van der Waals surface area contributed by atoms with Crippen molar-refractivity contribution in [3.63, 3.8) is 0 Å². The van der Waals surface area contributed by atoms with Gasteiger partial charge in [-0.05, 0) is 55.8 Å². The molecule has 1 saturated carbocycles. The van der Waals surface area contributed by atoms with Gasteiger partial charge in [-0.25, -0.2) is 0 Å². The molecule has 0 bridgehead atoms. The van der Waals surface area contributed by atoms with Crippen molar-refractivity contribution >= 4 is 22.4 Å². The quantitative estimate of drug-likeness (QED) is 0.897. The van der Waals surface area contributed by atoms with Crippen LogP contribution in [0.4, 0.5) is 5.13 Å². The highest BCUT2D eigenvalue weighted by Crippen LogP contribution is 2.58. The molecule has 2 aliphatic rings. The van der Waals surface area contributed by atoms with E-state index in [4.69, 9.17) is 0 Å². The summed E-state index contributed by atoms with van der Waals surface area (Å²) < 4.78 is 0. The largest absolute Gasteiger partial charge is 0.317 e. The minimum atomic E-state index is 0.121. The predicted octanol–water partition coefficient (Wildman–Crippen LogP) is 2.77. The van der Waals surface area contributed by atoms with E-state index >= 15 is 0 Å². The first-order chi connectivity index (χ1) is 11.7. The average Bonchev–Trinajstić information content (AvgIpc) is 3.09. The van der Waals surface area contributed by atoms with E-state index in [0.29, 0.717) is 5.13 Å². The smallest absolute Gasteiger partial charge is 0.229 e. The normalized spacial score (nSPS) is 21.6. The highest BCUT2D eigenvalue weighted by molar-refractivity contribution is 7.15. The van der Waals surface area contributed by atoms with Crippen molar-refractivity contribution in [3.05, 3.63) is 40.4 Å². The Kier molecular flexibility index (Phi) is 4.10. The van der Waals surface area contributed by atoms with Crippen molar-refractivity contribution in [1.29, 1.82) is 0 Å². The van der Waals surface area contributed by atoms with E-state index in [0.717, 1.165) is 43.8 Å². The zero-order valence-corrected chi connectivity index (χ0v) is 14.7. The van der Waals surface area contributed by atoms with Gasteiger partial charge in [0, 0.05) is 12.3 Å². The fourth-order valence-corrected chi connectivity index (χ4v) is 4.50. The minimum Gasteiger partial charge on any atom is -0.317 e. The molecule has 6 heteroatoms. The summed E-state index contributed by atoms with van der Waals surface area (Å²) in [5.41, 5.74) is 2.76. The molecule has 1 atom stereocenters. The third-order valence-corrected chi connectivity index (χ3v) is 6.24. The number of anilines is 1. The number of hydrogen-bond acceptors (Lipinski definition) is 5. The fraction of sp³-hybridized carbons (Fsp3) is 0.500. The average molecular weight is 342 g/mol. The molecule has 2 N–H and O–H groups in total. The first-order valence-corrected chi connectivity index (χ1v) is 9.36. The number of piperidine rings is 1. The minimum absolute atomic E-state index is 0.121. The Balaban J connectivity index is 1.37. The molecule has 1 saturated heterocycles. The second kappa shape index (κ2) is 6.26. The topological polar surface area (TPSA) is 66.9 Å². The number of aryl methyl sites for hydroxylation is 1. The van der Waals surface area contributed by atoms with Crippen LogP contribution >= 0.6 is 11.3 Å². The predicted molar refractivity (Wildman–Crippen MR) is 95.2 cm³/mol. The van der Waals surface area contributed by atoms with Crippen LogP contribution < -0.4 is 10.6 Å². The Morgan fingerprint density at radius 3 is 2.92 bits per heavy atom. The van der Waals surface area contributed by atoms with Crippen LogP contribution in [0, 0.1) is 18.3 Å². The summed E-state index contributed by atoms with van der Waals surface area (Å²) in [7, 11) is 0. The summed E-state index contributed by atoms with van der Waals surface area (Å²) in [4.78, 5) is 12.5. The van der Waals surface area contributed by atoms with Crippen molar-refractivity contribution in [1.82, 2.24) is 15.5 Å². The van der Waals surface area contributed by atoms with E-state index in [1.165, 1.54) is 22.5 Å². The van der Waals surface area contributed by atoms with Gasteiger partial charge >= 0.3 is 0 Å². The number of nitrogens with one attached hydrogen (secondary N) is 2. The van der Waals surface area contributed by atoms with Gasteiger partial charge in [0.05, 0.1) is 0 Å². The Bertz CT molecular complexity index is 751. The van der Waals surface area contributed by atoms with E-state index in [9.17, 15) is 4.79 Å². The standard InChI is InChI=1S/C18H22N4OS/c1-12-4-2-3-5-13(12)10-15-21-22-17(24-15)20-16(23)14-11-18(14)6-8-19-9-7-18/h2-5,14,19H,6-11H2,1H3,(H,20,22,23). The van der Waals surface area contributed by atoms with Gasteiger partial charge in [0.25, 0.3) is 0 Å². The van der Waals surface area contributed by atoms with Crippen molar-refractivity contribution < 1.29 is 4.79 Å². The van der Waals surface area contributed by atoms with E-state index in [1.807, 2.05) is 12.1 Å². The highest BCUT2D eigenvalue weighted by atomic mass is 32.1. The number of amides is 1. The van der Waals surface area contributed by atoms with Gasteiger partial charge in [0.1, 0.15) is 5.01 Å². The lowest BCUT2D eigenvalue weighted by Crippen LogP contribution is -2.31. The maximum Gasteiger partial charge on any atom is 0.229 e. The number of carbonyl (C=O) groups excluding carboxylic acids is 1. The van der Waals surface area contributed by atoms with Crippen LogP contribution in [-0.2, 0) is 11.2 Å². The van der Waals surface area contributed by atoms with Crippen molar-refractivity contribution in [3.8, 4) is 0 Å². The molecule has 0 radical (unpaired) electrons. The maximum absolute atomic E-state index is 12.5. The monoisotopic (exact) mass is 342 g/mol. The number of benzene rings is 1. The third-order valence-electron chi connectivity index (χ3n) is 5.41. The molecule has 1 aliphatic heterocycles. The van der Waals surface area contributed by atoms with Gasteiger partial charge in [0.2, 0.25) is 11.0 Å². The second-order valence-electron chi connectivity index (χ2n) is 6.96. The van der Waals surface area contributed by atoms with Gasteiger partial charge in [-0.2, -0.15) is 0 Å². The first-order valence-electron chi connectivity index (χ1n) is 8.55. The summed E-state index contributed by atoms with van der Waals surface area (Å²) in [5.74, 6) is 0.277. The van der Waals surface area contributed by atoms with Crippen LogP contribution in [0.3, 0.4) is 0 Å². The third kappa shape index (κ3) is 3.08. The molecule has 1 aromatic heterocycles. The molecule has 1 aliphatic carbocycles. The number of aromatic nitrogens is 2. The molecular formula is C18H22N4OS. The molecule has 2 heterocycles. The lowest BCUT2D eigenvalue weighted by atomic mass is 9.92. The summed E-state index contributed by atoms with van der Waals surface area (Å²) in [6, 6.07) is 8.29. The Morgan fingerprint density at radius 1 is 1.33 bits per heavy atom. The van der Waals surface area contributed by atoms with Crippen LogP contribution in [0.15, 0.2) is 24.3 Å². The van der Waals surface area contributed by atoms with Crippen molar-refractivity contribution in [2.24, 2.45) is 11.3 Å². The molecule has 5 nitrogen and oxygen atoms in total. The van der Waals surface area contributed by atoms with E-state index in [-0.39, 0.29) is 17.2 Å². The molecule has 1 unspecified atom stereocenters. The molecule has 1 amide bonds. The van der Waals surface area contributed by atoms with Gasteiger partial charge in [-0.15, -0.1) is 10.2 Å². The molecule has 24 heavy (non-hydrogen) atoms. The van der Waals surface area contributed by atoms with Gasteiger partial charge in [-0.1, -0.05) is 35.6 Å². The SMILES string of the molecule is Cc1ccccc1Cc1nnc(NC(=O)C2CC23CCNCC3)s1. The number of carbonyl (C=O) groups is 1. The van der Waals surface area contributed by atoms with Crippen LogP contribution in [-0.4, -0.2) is 29.2 Å². The van der Waals surface area contributed by atoms with E-state index in [1.54, 1.807) is 0 Å². The van der Waals surface area contributed by atoms with E-state index < -0.39 is 0 Å². The number of nitrogens with zero attached hydrogens (tertiary/aromatic N) is 2. The van der Waals surface area contributed by atoms with Crippen molar-refractivity contribution in [2.75, 3.05) is 18.4 Å². The molecule has 4 rings (SSSR count). The number of hydrogen-bond donors (Lipinski definition) is 2. The van der Waals surface area contributed by atoms with Gasteiger partial charge in [0.15, 0.2) is 0 Å². The summed E-state index contributed by atoms with van der Waals surface area (Å²) in [6.45, 7) is 4.16. The lowest BCUT2D eigenvalue weighted by Gasteiger charge is -2.22. The Hall–Kier alpha value is -1.79. The summed E-state index contributed by atoms with van der Waals surface area (Å²) in [5, 5.41) is 16.3. The first kappa shape index (κ1) is 15.7. The molecule has 2 aromatic rings. The van der Waals surface area contributed by atoms with Crippen LogP contribution in [0.5, 0.6) is 0 Å². The van der Waals surface area contributed by atoms with Gasteiger partial charge in [-0.3, -0.25) is 4.79 Å². The van der Waals surface area contributed by atoms with Crippen molar-refractivity contribution in [2.45, 2.75) is 32.6 Å². The molecule has 1 spiro atoms. The number of rotatable bonds is 4. The summed E-state index contributed by atoms with van der Waals surface area (Å²) in [6.07, 6.45) is 4.01. The lowest BCUT2D eigenvalue weighted by molar-refractivity contribution is -0.118. The maximum atomic E-state index is 12.5. The molecule has 1 aromatic carbocycles. The zero-order chi connectivity index (χ0) is 16.6. The Labute approximate surface area is 145 Å². The Morgan fingerprint density at radius 2 is 2.12 bits per heavy atom. The second-order valence-corrected chi connectivity index (χ2v) is 8.02. The summed E-state index contributed by atoms with van der Waals surface area (Å²) >= 11 is 1.48. The van der Waals surface area contributed by atoms with Crippen LogP contribution in [0.2, 0.25) is 0 Å². The molecular weight excluding hydrogens is 320 g/mol. The molecule has 126 valence electrons.